The van der Waals surface area contributed by atoms with E-state index in [-0.39, 0.29) is 22.9 Å². The number of carbonyl (C=O) groups excluding carboxylic acids is 1. The number of hydrogen-bond donors (Lipinski definition) is 1. The van der Waals surface area contributed by atoms with Crippen molar-refractivity contribution < 1.29 is 9.18 Å². The van der Waals surface area contributed by atoms with Gasteiger partial charge < -0.3 is 10.6 Å². The number of halogens is 2. The van der Waals surface area contributed by atoms with Gasteiger partial charge in [-0.25, -0.2) is 4.39 Å². The van der Waals surface area contributed by atoms with Crippen LogP contribution in [0.4, 0.5) is 15.8 Å². The zero-order chi connectivity index (χ0) is 14.7. The summed E-state index contributed by atoms with van der Waals surface area (Å²) in [5.41, 5.74) is 7.11. The summed E-state index contributed by atoms with van der Waals surface area (Å²) in [6.45, 7) is 0. The van der Waals surface area contributed by atoms with Gasteiger partial charge in [-0.15, -0.1) is 0 Å². The monoisotopic (exact) mass is 292 g/mol. The third-order valence-electron chi connectivity index (χ3n) is 3.04. The highest BCUT2D eigenvalue weighted by molar-refractivity contribution is 6.31. The molecule has 0 spiro atoms. The van der Waals surface area contributed by atoms with Crippen LogP contribution >= 0.6 is 11.6 Å². The van der Waals surface area contributed by atoms with E-state index < -0.39 is 5.82 Å². The van der Waals surface area contributed by atoms with Gasteiger partial charge in [-0.3, -0.25) is 4.79 Å². The molecule has 0 aromatic heterocycles. The van der Waals surface area contributed by atoms with Crippen LogP contribution in [-0.4, -0.2) is 13.0 Å². The molecule has 2 N–H and O–H groups in total. The van der Waals surface area contributed by atoms with Crippen LogP contribution in [0.25, 0.3) is 0 Å². The Hall–Kier alpha value is -2.07. The molecule has 0 bridgehead atoms. The van der Waals surface area contributed by atoms with Crippen molar-refractivity contribution in [2.45, 2.75) is 6.42 Å². The Morgan fingerprint density at radius 1 is 1.25 bits per heavy atom. The van der Waals surface area contributed by atoms with Gasteiger partial charge in [-0.2, -0.15) is 0 Å². The lowest BCUT2D eigenvalue weighted by Crippen LogP contribution is -2.28. The van der Waals surface area contributed by atoms with Gasteiger partial charge in [0.2, 0.25) is 5.91 Å². The summed E-state index contributed by atoms with van der Waals surface area (Å²) in [5.74, 6) is -0.724. The highest BCUT2D eigenvalue weighted by Crippen LogP contribution is 2.21. The van der Waals surface area contributed by atoms with Gasteiger partial charge in [0.1, 0.15) is 5.82 Å². The van der Waals surface area contributed by atoms with Crippen LogP contribution in [0.5, 0.6) is 0 Å². The molecule has 2 aromatic carbocycles. The van der Waals surface area contributed by atoms with Gasteiger partial charge in [0.25, 0.3) is 0 Å². The van der Waals surface area contributed by atoms with Crippen LogP contribution in [0.1, 0.15) is 5.56 Å². The van der Waals surface area contributed by atoms with E-state index in [1.807, 2.05) is 0 Å². The van der Waals surface area contributed by atoms with Crippen LogP contribution in [0.2, 0.25) is 5.02 Å². The average molecular weight is 293 g/mol. The number of hydrogen-bond acceptors (Lipinski definition) is 2. The summed E-state index contributed by atoms with van der Waals surface area (Å²) < 4.78 is 13.7. The molecule has 2 rings (SSSR count). The number of nitrogen functional groups attached to an aromatic ring is 1. The minimum atomic E-state index is -0.475. The summed E-state index contributed by atoms with van der Waals surface area (Å²) in [6.07, 6.45) is -0.0909. The first-order valence-electron chi connectivity index (χ1n) is 6.04. The fourth-order valence-corrected chi connectivity index (χ4v) is 2.04. The van der Waals surface area contributed by atoms with Crippen LogP contribution in [0.15, 0.2) is 42.5 Å². The van der Waals surface area contributed by atoms with Crippen molar-refractivity contribution in [3.8, 4) is 0 Å². The first-order valence-corrected chi connectivity index (χ1v) is 6.42. The van der Waals surface area contributed by atoms with E-state index in [0.717, 1.165) is 0 Å². The highest BCUT2D eigenvalue weighted by atomic mass is 35.5. The zero-order valence-electron chi connectivity index (χ0n) is 10.9. The number of carbonyl (C=O) groups is 1. The molecule has 0 aliphatic carbocycles. The van der Waals surface area contributed by atoms with Gasteiger partial charge >= 0.3 is 0 Å². The topological polar surface area (TPSA) is 46.3 Å². The Kier molecular flexibility index (Phi) is 4.25. The van der Waals surface area contributed by atoms with Gasteiger partial charge in [0.15, 0.2) is 0 Å². The van der Waals surface area contributed by atoms with Gasteiger partial charge in [0, 0.05) is 29.0 Å². The summed E-state index contributed by atoms with van der Waals surface area (Å²) in [4.78, 5) is 13.6. The molecule has 0 fully saturated rings. The molecule has 0 radical (unpaired) electrons. The molecular formula is C15H14ClFN2O. The van der Waals surface area contributed by atoms with Crippen molar-refractivity contribution in [2.75, 3.05) is 17.7 Å². The number of benzene rings is 2. The number of amides is 1. The van der Waals surface area contributed by atoms with Crippen molar-refractivity contribution in [3.63, 3.8) is 0 Å². The third kappa shape index (κ3) is 3.08. The second-order valence-corrected chi connectivity index (χ2v) is 4.83. The summed E-state index contributed by atoms with van der Waals surface area (Å²) >= 11 is 5.92. The molecule has 1 amide bonds. The Morgan fingerprint density at radius 3 is 2.50 bits per heavy atom. The predicted octanol–water partition coefficient (Wildman–Crippen LogP) is 3.27. The van der Waals surface area contributed by atoms with Crippen molar-refractivity contribution in [1.29, 1.82) is 0 Å². The maximum absolute atomic E-state index is 13.7. The Bertz CT molecular complexity index is 608. The molecule has 3 nitrogen and oxygen atoms in total. The highest BCUT2D eigenvalue weighted by Gasteiger charge is 2.16. The number of rotatable bonds is 3. The molecule has 2 aromatic rings. The van der Waals surface area contributed by atoms with Crippen LogP contribution in [0, 0.1) is 5.82 Å². The smallest absolute Gasteiger partial charge is 0.231 e. The summed E-state index contributed by atoms with van der Waals surface area (Å²) in [5, 5.41) is 0.254. The van der Waals surface area contributed by atoms with Crippen molar-refractivity contribution in [2.24, 2.45) is 0 Å². The third-order valence-corrected chi connectivity index (χ3v) is 3.40. The first kappa shape index (κ1) is 14.3. The Balaban J connectivity index is 2.18. The molecule has 5 heteroatoms. The van der Waals surface area contributed by atoms with E-state index in [1.54, 1.807) is 37.4 Å². The minimum absolute atomic E-state index is 0.0909. The minimum Gasteiger partial charge on any atom is -0.399 e. The van der Waals surface area contributed by atoms with Crippen molar-refractivity contribution >= 4 is 28.9 Å². The SMILES string of the molecule is CN(C(=O)Cc1c(F)cccc1Cl)c1ccc(N)cc1. The largest absolute Gasteiger partial charge is 0.399 e. The molecule has 0 aliphatic rings. The summed E-state index contributed by atoms with van der Waals surface area (Å²) in [7, 11) is 1.63. The molecule has 0 aliphatic heterocycles. The molecule has 0 unspecified atom stereocenters. The van der Waals surface area contributed by atoms with E-state index in [4.69, 9.17) is 17.3 Å². The summed E-state index contributed by atoms with van der Waals surface area (Å²) in [6, 6.07) is 11.2. The van der Waals surface area contributed by atoms with Crippen molar-refractivity contribution in [1.82, 2.24) is 0 Å². The van der Waals surface area contributed by atoms with Crippen LogP contribution in [0.3, 0.4) is 0 Å². The van der Waals surface area contributed by atoms with E-state index in [9.17, 15) is 9.18 Å². The lowest BCUT2D eigenvalue weighted by molar-refractivity contribution is -0.117. The number of likely N-dealkylation sites (N-methyl/N-ethyl adjacent to an activating group) is 1. The zero-order valence-corrected chi connectivity index (χ0v) is 11.7. The fraction of sp³-hybridized carbons (Fsp3) is 0.133. The molecule has 104 valence electrons. The van der Waals surface area contributed by atoms with Crippen molar-refractivity contribution in [3.05, 3.63) is 58.9 Å². The standard InChI is InChI=1S/C15H14ClFN2O/c1-19(11-7-5-10(18)6-8-11)15(20)9-12-13(16)3-2-4-14(12)17/h2-8H,9,18H2,1H3. The Labute approximate surface area is 121 Å². The van der Waals surface area contributed by atoms with Crippen LogP contribution < -0.4 is 10.6 Å². The fourth-order valence-electron chi connectivity index (χ4n) is 1.81. The van der Waals surface area contributed by atoms with Gasteiger partial charge in [-0.05, 0) is 36.4 Å². The predicted molar refractivity (Wildman–Crippen MR) is 79.4 cm³/mol. The maximum atomic E-state index is 13.7. The lowest BCUT2D eigenvalue weighted by Gasteiger charge is -2.18. The van der Waals surface area contributed by atoms with Gasteiger partial charge in [0.05, 0.1) is 6.42 Å². The second-order valence-electron chi connectivity index (χ2n) is 4.42. The molecular weight excluding hydrogens is 279 g/mol. The van der Waals surface area contributed by atoms with E-state index >= 15 is 0 Å². The van der Waals surface area contributed by atoms with Crippen LogP contribution in [-0.2, 0) is 11.2 Å². The molecule has 0 saturated heterocycles. The lowest BCUT2D eigenvalue weighted by atomic mass is 10.1. The van der Waals surface area contributed by atoms with E-state index in [2.05, 4.69) is 0 Å². The Morgan fingerprint density at radius 2 is 1.90 bits per heavy atom. The quantitative estimate of drug-likeness (QED) is 0.883. The normalized spacial score (nSPS) is 10.3. The number of nitrogens with zero attached hydrogens (tertiary/aromatic N) is 1. The molecule has 0 heterocycles. The van der Waals surface area contributed by atoms with Gasteiger partial charge in [-0.1, -0.05) is 17.7 Å². The maximum Gasteiger partial charge on any atom is 0.231 e. The molecule has 0 saturated carbocycles. The van der Waals surface area contributed by atoms with E-state index in [0.29, 0.717) is 11.4 Å². The molecule has 0 atom stereocenters. The number of anilines is 2. The van der Waals surface area contributed by atoms with E-state index in [1.165, 1.54) is 17.0 Å². The second kappa shape index (κ2) is 5.92. The first-order chi connectivity index (χ1) is 9.49. The number of nitrogens with two attached hydrogens (primary N) is 1. The molecule has 20 heavy (non-hydrogen) atoms. The average Bonchev–Trinajstić information content (AvgIpc) is 2.43.